The van der Waals surface area contributed by atoms with Crippen LogP contribution in [0.4, 0.5) is 11.5 Å². The van der Waals surface area contributed by atoms with Gasteiger partial charge in [-0.3, -0.25) is 0 Å². The highest BCUT2D eigenvalue weighted by Crippen LogP contribution is 2.41. The molecule has 0 atom stereocenters. The fraction of sp³-hybridized carbons (Fsp3) is 0.100. The number of para-hydroxylation sites is 2. The van der Waals surface area contributed by atoms with E-state index >= 15 is 0 Å². The summed E-state index contributed by atoms with van der Waals surface area (Å²) in [5.41, 5.74) is 3.23. The molecule has 0 radical (unpaired) electrons. The van der Waals surface area contributed by atoms with Crippen molar-refractivity contribution in [3.05, 3.63) is 65.8 Å². The van der Waals surface area contributed by atoms with Gasteiger partial charge in [0.2, 0.25) is 0 Å². The number of methoxy groups -OCH3 is 1. The first-order valence-electron chi connectivity index (χ1n) is 7.97. The van der Waals surface area contributed by atoms with Crippen molar-refractivity contribution in [1.29, 1.82) is 0 Å². The normalized spacial score (nSPS) is 10.8. The van der Waals surface area contributed by atoms with Gasteiger partial charge in [-0.15, -0.1) is 11.3 Å². The van der Waals surface area contributed by atoms with E-state index in [2.05, 4.69) is 46.5 Å². The molecule has 4 nitrogen and oxygen atoms in total. The number of hydrogen-bond donors (Lipinski definition) is 1. The molecule has 2 aromatic carbocycles. The van der Waals surface area contributed by atoms with Gasteiger partial charge in [-0.05, 0) is 24.6 Å². The molecule has 124 valence electrons. The van der Waals surface area contributed by atoms with Gasteiger partial charge in [0.15, 0.2) is 0 Å². The molecule has 2 aromatic heterocycles. The molecule has 4 aromatic rings. The number of rotatable bonds is 4. The van der Waals surface area contributed by atoms with Crippen molar-refractivity contribution in [2.24, 2.45) is 0 Å². The van der Waals surface area contributed by atoms with E-state index < -0.39 is 0 Å². The summed E-state index contributed by atoms with van der Waals surface area (Å²) in [7, 11) is 1.67. The first-order chi connectivity index (χ1) is 12.3. The van der Waals surface area contributed by atoms with E-state index in [4.69, 9.17) is 4.74 Å². The van der Waals surface area contributed by atoms with Crippen LogP contribution in [0.2, 0.25) is 0 Å². The summed E-state index contributed by atoms with van der Waals surface area (Å²) in [6.07, 6.45) is 1.60. The van der Waals surface area contributed by atoms with Crippen LogP contribution < -0.4 is 10.1 Å². The Morgan fingerprint density at radius 1 is 0.960 bits per heavy atom. The van der Waals surface area contributed by atoms with Gasteiger partial charge in [-0.2, -0.15) is 0 Å². The van der Waals surface area contributed by atoms with E-state index in [1.54, 1.807) is 24.8 Å². The van der Waals surface area contributed by atoms with Gasteiger partial charge in [0, 0.05) is 10.4 Å². The van der Waals surface area contributed by atoms with E-state index in [1.807, 2.05) is 30.3 Å². The summed E-state index contributed by atoms with van der Waals surface area (Å²) >= 11 is 1.69. The zero-order valence-corrected chi connectivity index (χ0v) is 14.8. The van der Waals surface area contributed by atoms with Gasteiger partial charge in [-0.25, -0.2) is 9.97 Å². The maximum Gasteiger partial charge on any atom is 0.143 e. The third kappa shape index (κ3) is 2.83. The molecule has 0 fully saturated rings. The smallest absolute Gasteiger partial charge is 0.143 e. The van der Waals surface area contributed by atoms with Crippen molar-refractivity contribution in [2.75, 3.05) is 12.4 Å². The summed E-state index contributed by atoms with van der Waals surface area (Å²) in [6, 6.07) is 18.2. The molecule has 0 saturated heterocycles. The van der Waals surface area contributed by atoms with Crippen LogP contribution in [0.3, 0.4) is 0 Å². The third-order valence-electron chi connectivity index (χ3n) is 4.09. The summed E-state index contributed by atoms with van der Waals surface area (Å²) in [6.45, 7) is 2.13. The molecule has 0 saturated carbocycles. The van der Waals surface area contributed by atoms with Crippen LogP contribution in [0.5, 0.6) is 5.75 Å². The van der Waals surface area contributed by atoms with E-state index in [-0.39, 0.29) is 0 Å². The Morgan fingerprint density at radius 3 is 2.52 bits per heavy atom. The van der Waals surface area contributed by atoms with Crippen LogP contribution in [-0.4, -0.2) is 17.1 Å². The van der Waals surface area contributed by atoms with Gasteiger partial charge >= 0.3 is 0 Å². The SMILES string of the molecule is COc1ccccc1Nc1ncnc2sc(C)c(-c3ccccc3)c12. The second-order valence-electron chi connectivity index (χ2n) is 5.63. The molecular weight excluding hydrogens is 330 g/mol. The van der Waals surface area contributed by atoms with E-state index in [1.165, 1.54) is 16.0 Å². The predicted octanol–water partition coefficient (Wildman–Crippen LogP) is 5.42. The molecule has 0 bridgehead atoms. The van der Waals surface area contributed by atoms with Crippen molar-refractivity contribution < 1.29 is 4.74 Å². The molecular formula is C20H17N3OS. The van der Waals surface area contributed by atoms with Crippen LogP contribution in [-0.2, 0) is 0 Å². The number of thiophene rings is 1. The summed E-state index contributed by atoms with van der Waals surface area (Å²) in [5.74, 6) is 1.57. The lowest BCUT2D eigenvalue weighted by atomic mass is 10.0. The van der Waals surface area contributed by atoms with Gasteiger partial charge in [0.1, 0.15) is 22.7 Å². The van der Waals surface area contributed by atoms with Crippen LogP contribution in [0.25, 0.3) is 21.3 Å². The topological polar surface area (TPSA) is 47.0 Å². The molecule has 1 N–H and O–H groups in total. The van der Waals surface area contributed by atoms with Crippen molar-refractivity contribution >= 4 is 33.1 Å². The molecule has 0 amide bonds. The summed E-state index contributed by atoms with van der Waals surface area (Å²) in [4.78, 5) is 11.2. The highest BCUT2D eigenvalue weighted by Gasteiger charge is 2.17. The molecule has 2 heterocycles. The number of aryl methyl sites for hydroxylation is 1. The van der Waals surface area contributed by atoms with Gasteiger partial charge < -0.3 is 10.1 Å². The van der Waals surface area contributed by atoms with Gasteiger partial charge in [0.05, 0.1) is 18.2 Å². The Morgan fingerprint density at radius 2 is 1.72 bits per heavy atom. The number of benzene rings is 2. The maximum absolute atomic E-state index is 5.45. The number of fused-ring (bicyclic) bond motifs is 1. The molecule has 0 spiro atoms. The van der Waals surface area contributed by atoms with Crippen LogP contribution in [0, 0.1) is 6.92 Å². The molecule has 0 aliphatic carbocycles. The average Bonchev–Trinajstić information content (AvgIpc) is 3.00. The van der Waals surface area contributed by atoms with Crippen molar-refractivity contribution in [3.8, 4) is 16.9 Å². The lowest BCUT2D eigenvalue weighted by molar-refractivity contribution is 0.417. The summed E-state index contributed by atoms with van der Waals surface area (Å²) < 4.78 is 5.45. The van der Waals surface area contributed by atoms with E-state index in [0.717, 1.165) is 27.5 Å². The third-order valence-corrected chi connectivity index (χ3v) is 5.10. The van der Waals surface area contributed by atoms with Crippen molar-refractivity contribution in [2.45, 2.75) is 6.92 Å². The highest BCUT2D eigenvalue weighted by atomic mass is 32.1. The first kappa shape index (κ1) is 15.6. The minimum Gasteiger partial charge on any atom is -0.495 e. The lowest BCUT2D eigenvalue weighted by Crippen LogP contribution is -1.98. The fourth-order valence-corrected chi connectivity index (χ4v) is 3.98. The number of nitrogens with one attached hydrogen (secondary N) is 1. The molecule has 25 heavy (non-hydrogen) atoms. The lowest BCUT2D eigenvalue weighted by Gasteiger charge is -2.12. The number of ether oxygens (including phenoxy) is 1. The standard InChI is InChI=1S/C20H17N3OS/c1-13-17(14-8-4-3-5-9-14)18-19(21-12-22-20(18)25-13)23-15-10-6-7-11-16(15)24-2/h3-12H,1-2H3,(H,21,22,23). The molecule has 0 unspecified atom stereocenters. The van der Waals surface area contributed by atoms with Crippen LogP contribution in [0.15, 0.2) is 60.9 Å². The van der Waals surface area contributed by atoms with Crippen molar-refractivity contribution in [1.82, 2.24) is 9.97 Å². The van der Waals surface area contributed by atoms with E-state index in [9.17, 15) is 0 Å². The highest BCUT2D eigenvalue weighted by molar-refractivity contribution is 7.19. The zero-order chi connectivity index (χ0) is 17.2. The largest absolute Gasteiger partial charge is 0.495 e. The quantitative estimate of drug-likeness (QED) is 0.535. The molecule has 4 rings (SSSR count). The number of anilines is 2. The Bertz CT molecular complexity index is 1030. The van der Waals surface area contributed by atoms with Crippen LogP contribution in [0.1, 0.15) is 4.88 Å². The second-order valence-corrected chi connectivity index (χ2v) is 6.83. The van der Waals surface area contributed by atoms with Crippen LogP contribution >= 0.6 is 11.3 Å². The Kier molecular flexibility index (Phi) is 4.07. The second kappa shape index (κ2) is 6.53. The minimum atomic E-state index is 0.780. The number of nitrogens with zero attached hydrogens (tertiary/aromatic N) is 2. The Labute approximate surface area is 150 Å². The molecule has 0 aliphatic rings. The molecule has 5 heteroatoms. The fourth-order valence-electron chi connectivity index (χ4n) is 2.97. The first-order valence-corrected chi connectivity index (χ1v) is 8.79. The maximum atomic E-state index is 5.45. The van der Waals surface area contributed by atoms with Crippen molar-refractivity contribution in [3.63, 3.8) is 0 Å². The van der Waals surface area contributed by atoms with E-state index in [0.29, 0.717) is 0 Å². The monoisotopic (exact) mass is 347 g/mol. The summed E-state index contributed by atoms with van der Waals surface area (Å²) in [5, 5.41) is 4.46. The van der Waals surface area contributed by atoms with Gasteiger partial charge in [-0.1, -0.05) is 42.5 Å². The number of hydrogen-bond acceptors (Lipinski definition) is 5. The van der Waals surface area contributed by atoms with Gasteiger partial charge in [0.25, 0.3) is 0 Å². The predicted molar refractivity (Wildman–Crippen MR) is 104 cm³/mol. The molecule has 0 aliphatic heterocycles. The Hall–Kier alpha value is -2.92. The Balaban J connectivity index is 1.90. The average molecular weight is 347 g/mol. The zero-order valence-electron chi connectivity index (χ0n) is 14.0. The minimum absolute atomic E-state index is 0.780. The number of aromatic nitrogens is 2.